The van der Waals surface area contributed by atoms with E-state index in [4.69, 9.17) is 0 Å². The van der Waals surface area contributed by atoms with Crippen LogP contribution in [-0.2, 0) is 0 Å². The van der Waals surface area contributed by atoms with Gasteiger partial charge in [-0.15, -0.1) is 11.3 Å². The van der Waals surface area contributed by atoms with Crippen LogP contribution in [0.2, 0.25) is 0 Å². The molecule has 0 nitrogen and oxygen atoms in total. The fourth-order valence-electron chi connectivity index (χ4n) is 3.08. The van der Waals surface area contributed by atoms with Crippen molar-refractivity contribution >= 4 is 31.5 Å². The SMILES string of the molecule is CC(C)c1cc(-c2ccccc2)cc2c1sc1ccccc12. The summed E-state index contributed by atoms with van der Waals surface area (Å²) in [5.41, 5.74) is 4.07. The van der Waals surface area contributed by atoms with Crippen LogP contribution in [0.3, 0.4) is 0 Å². The van der Waals surface area contributed by atoms with Crippen LogP contribution in [0.4, 0.5) is 0 Å². The van der Waals surface area contributed by atoms with E-state index in [1.165, 1.54) is 36.9 Å². The second kappa shape index (κ2) is 5.26. The van der Waals surface area contributed by atoms with Crippen LogP contribution in [-0.4, -0.2) is 0 Å². The minimum Gasteiger partial charge on any atom is -0.135 e. The van der Waals surface area contributed by atoms with Gasteiger partial charge < -0.3 is 0 Å². The Kier molecular flexibility index (Phi) is 3.24. The number of benzene rings is 3. The number of hydrogen-bond donors (Lipinski definition) is 0. The van der Waals surface area contributed by atoms with Gasteiger partial charge in [0, 0.05) is 20.2 Å². The van der Waals surface area contributed by atoms with Crippen LogP contribution < -0.4 is 0 Å². The van der Waals surface area contributed by atoms with E-state index in [2.05, 4.69) is 80.6 Å². The number of thiophene rings is 1. The molecule has 3 aromatic carbocycles. The van der Waals surface area contributed by atoms with Gasteiger partial charge in [0.1, 0.15) is 0 Å². The fraction of sp³-hybridized carbons (Fsp3) is 0.143. The fourth-order valence-corrected chi connectivity index (χ4v) is 4.43. The summed E-state index contributed by atoms with van der Waals surface area (Å²) in [6.45, 7) is 4.57. The molecule has 22 heavy (non-hydrogen) atoms. The van der Waals surface area contributed by atoms with Crippen LogP contribution >= 0.6 is 11.3 Å². The lowest BCUT2D eigenvalue weighted by Gasteiger charge is -2.11. The first-order chi connectivity index (χ1) is 10.7. The highest BCUT2D eigenvalue weighted by Gasteiger charge is 2.13. The molecular formula is C21H18S. The van der Waals surface area contributed by atoms with E-state index in [-0.39, 0.29) is 0 Å². The van der Waals surface area contributed by atoms with Crippen molar-refractivity contribution in [3.05, 3.63) is 72.3 Å². The van der Waals surface area contributed by atoms with E-state index in [1.807, 2.05) is 11.3 Å². The maximum absolute atomic E-state index is 2.37. The van der Waals surface area contributed by atoms with E-state index < -0.39 is 0 Å². The Morgan fingerprint density at radius 1 is 0.727 bits per heavy atom. The lowest BCUT2D eigenvalue weighted by Crippen LogP contribution is -1.89. The van der Waals surface area contributed by atoms with E-state index in [1.54, 1.807) is 0 Å². The molecule has 0 unspecified atom stereocenters. The van der Waals surface area contributed by atoms with E-state index >= 15 is 0 Å². The van der Waals surface area contributed by atoms with Crippen molar-refractivity contribution in [3.8, 4) is 11.1 Å². The molecule has 0 amide bonds. The van der Waals surface area contributed by atoms with E-state index in [0.717, 1.165) is 0 Å². The van der Waals surface area contributed by atoms with Crippen molar-refractivity contribution in [1.29, 1.82) is 0 Å². The average molecular weight is 302 g/mol. The van der Waals surface area contributed by atoms with Gasteiger partial charge in [0.05, 0.1) is 0 Å². The van der Waals surface area contributed by atoms with Crippen molar-refractivity contribution in [2.45, 2.75) is 19.8 Å². The minimum absolute atomic E-state index is 0.527. The third-order valence-corrected chi connectivity index (χ3v) is 5.47. The summed E-state index contributed by atoms with van der Waals surface area (Å²) < 4.78 is 2.82. The Morgan fingerprint density at radius 3 is 2.23 bits per heavy atom. The van der Waals surface area contributed by atoms with Gasteiger partial charge in [0.15, 0.2) is 0 Å². The molecule has 0 saturated carbocycles. The first-order valence-electron chi connectivity index (χ1n) is 7.74. The Hall–Kier alpha value is -2.12. The molecule has 1 aromatic heterocycles. The average Bonchev–Trinajstić information content (AvgIpc) is 2.93. The van der Waals surface area contributed by atoms with Crippen LogP contribution in [0, 0.1) is 0 Å². The zero-order valence-electron chi connectivity index (χ0n) is 12.8. The third-order valence-electron chi connectivity index (χ3n) is 4.24. The quantitative estimate of drug-likeness (QED) is 0.380. The van der Waals surface area contributed by atoms with Crippen molar-refractivity contribution in [2.24, 2.45) is 0 Å². The standard InChI is InChI=1S/C21H18S/c1-14(2)18-12-16(15-8-4-3-5-9-15)13-19-17-10-6-7-11-20(17)22-21(18)19/h3-14H,1-2H3. The van der Waals surface area contributed by atoms with Crippen LogP contribution in [0.15, 0.2) is 66.7 Å². The van der Waals surface area contributed by atoms with Gasteiger partial charge in [-0.25, -0.2) is 0 Å². The Balaban J connectivity index is 2.10. The molecule has 1 heteroatoms. The summed E-state index contributed by atoms with van der Waals surface area (Å²) in [6, 6.07) is 24.2. The molecule has 0 saturated heterocycles. The van der Waals surface area contributed by atoms with Gasteiger partial charge in [0.25, 0.3) is 0 Å². The lowest BCUT2D eigenvalue weighted by atomic mass is 9.94. The number of hydrogen-bond acceptors (Lipinski definition) is 1. The van der Waals surface area contributed by atoms with Gasteiger partial charge in [0.2, 0.25) is 0 Å². The molecule has 0 N–H and O–H groups in total. The lowest BCUT2D eigenvalue weighted by molar-refractivity contribution is 0.878. The molecule has 108 valence electrons. The molecule has 0 atom stereocenters. The summed E-state index contributed by atoms with van der Waals surface area (Å²) in [5, 5.41) is 2.77. The van der Waals surface area contributed by atoms with Gasteiger partial charge in [-0.1, -0.05) is 62.4 Å². The summed E-state index contributed by atoms with van der Waals surface area (Å²) in [7, 11) is 0. The topological polar surface area (TPSA) is 0 Å². The van der Waals surface area contributed by atoms with Gasteiger partial charge in [-0.05, 0) is 40.8 Å². The van der Waals surface area contributed by atoms with Crippen LogP contribution in [0.25, 0.3) is 31.3 Å². The summed E-state index contributed by atoms with van der Waals surface area (Å²) in [4.78, 5) is 0. The van der Waals surface area contributed by atoms with Crippen molar-refractivity contribution in [1.82, 2.24) is 0 Å². The minimum atomic E-state index is 0.527. The number of fused-ring (bicyclic) bond motifs is 3. The Morgan fingerprint density at radius 2 is 1.45 bits per heavy atom. The molecule has 0 spiro atoms. The first kappa shape index (κ1) is 13.5. The number of rotatable bonds is 2. The highest BCUT2D eigenvalue weighted by molar-refractivity contribution is 7.26. The van der Waals surface area contributed by atoms with Gasteiger partial charge in [-0.3, -0.25) is 0 Å². The summed E-state index contributed by atoms with van der Waals surface area (Å²) >= 11 is 1.92. The molecule has 4 aromatic rings. The monoisotopic (exact) mass is 302 g/mol. The van der Waals surface area contributed by atoms with E-state index in [9.17, 15) is 0 Å². The maximum Gasteiger partial charge on any atom is 0.0390 e. The third kappa shape index (κ3) is 2.13. The Bertz CT molecular complexity index is 946. The van der Waals surface area contributed by atoms with Crippen molar-refractivity contribution < 1.29 is 0 Å². The van der Waals surface area contributed by atoms with Crippen molar-refractivity contribution in [3.63, 3.8) is 0 Å². The van der Waals surface area contributed by atoms with Crippen LogP contribution in [0.1, 0.15) is 25.3 Å². The Labute approximate surface area is 135 Å². The molecular weight excluding hydrogens is 284 g/mol. The normalized spacial score (nSPS) is 11.6. The highest BCUT2D eigenvalue weighted by atomic mass is 32.1. The zero-order valence-corrected chi connectivity index (χ0v) is 13.7. The zero-order chi connectivity index (χ0) is 15.1. The maximum atomic E-state index is 2.37. The summed E-state index contributed by atoms with van der Waals surface area (Å²) in [6.07, 6.45) is 0. The second-order valence-corrected chi connectivity index (χ2v) is 7.11. The predicted molar refractivity (Wildman–Crippen MR) is 98.9 cm³/mol. The van der Waals surface area contributed by atoms with Crippen LogP contribution in [0.5, 0.6) is 0 Å². The molecule has 0 aliphatic carbocycles. The smallest absolute Gasteiger partial charge is 0.0390 e. The molecule has 4 rings (SSSR count). The molecule has 0 bridgehead atoms. The second-order valence-electron chi connectivity index (χ2n) is 6.06. The van der Waals surface area contributed by atoms with Crippen molar-refractivity contribution in [2.75, 3.05) is 0 Å². The summed E-state index contributed by atoms with van der Waals surface area (Å²) in [5.74, 6) is 0.527. The molecule has 0 radical (unpaired) electrons. The highest BCUT2D eigenvalue weighted by Crippen LogP contribution is 2.40. The first-order valence-corrected chi connectivity index (χ1v) is 8.56. The largest absolute Gasteiger partial charge is 0.135 e. The molecule has 0 fully saturated rings. The van der Waals surface area contributed by atoms with Gasteiger partial charge >= 0.3 is 0 Å². The van der Waals surface area contributed by atoms with E-state index in [0.29, 0.717) is 5.92 Å². The molecule has 0 aliphatic rings. The molecule has 0 aliphatic heterocycles. The predicted octanol–water partition coefficient (Wildman–Crippen LogP) is 6.84. The molecule has 1 heterocycles. The van der Waals surface area contributed by atoms with Gasteiger partial charge in [-0.2, -0.15) is 0 Å².